The molecule has 6 nitrogen and oxygen atoms in total. The summed E-state index contributed by atoms with van der Waals surface area (Å²) in [5.74, 6) is -1.12. The third kappa shape index (κ3) is 6.25. The minimum absolute atomic E-state index is 0.0601. The molecule has 0 aliphatic rings. The molecule has 0 aliphatic carbocycles. The molecule has 0 saturated heterocycles. The number of hydrogen-bond donors (Lipinski definition) is 2. The van der Waals surface area contributed by atoms with Crippen molar-refractivity contribution in [3.05, 3.63) is 28.2 Å². The summed E-state index contributed by atoms with van der Waals surface area (Å²) in [5, 5.41) is 12.3. The van der Waals surface area contributed by atoms with Gasteiger partial charge in [-0.1, -0.05) is 23.2 Å². The smallest absolute Gasteiger partial charge is 0.305 e. The molecule has 0 spiro atoms. The Morgan fingerprint density at radius 3 is 2.52 bits per heavy atom. The Labute approximate surface area is 144 Å². The highest BCUT2D eigenvalue weighted by Gasteiger charge is 2.31. The van der Waals surface area contributed by atoms with Gasteiger partial charge in [0, 0.05) is 13.2 Å². The molecule has 2 N–H and O–H groups in total. The van der Waals surface area contributed by atoms with Gasteiger partial charge in [-0.15, -0.1) is 0 Å². The largest absolute Gasteiger partial charge is 0.481 e. The van der Waals surface area contributed by atoms with Crippen LogP contribution in [0, 0.1) is 0 Å². The third-order valence-corrected chi connectivity index (χ3v) is 3.74. The normalized spacial score (nSPS) is 14.7. The number of aliphatic carboxylic acids is 1. The van der Waals surface area contributed by atoms with Gasteiger partial charge in [-0.2, -0.15) is 0 Å². The standard InChI is InChI=1S/C15H19Cl2NO5/c1-9(23-10-4-5-11(16)12(17)6-10)14(21)18-15(2,8-22-3)7-13(19)20/h4-6,9H,7-8H2,1-3H3,(H,18,21)(H,19,20). The van der Waals surface area contributed by atoms with Gasteiger partial charge in [0.1, 0.15) is 5.75 Å². The zero-order valence-electron chi connectivity index (χ0n) is 13.1. The van der Waals surface area contributed by atoms with Crippen molar-refractivity contribution in [2.24, 2.45) is 0 Å². The maximum atomic E-state index is 12.2. The summed E-state index contributed by atoms with van der Waals surface area (Å²) in [6.45, 7) is 3.20. The number of halogens is 2. The van der Waals surface area contributed by atoms with Crippen molar-refractivity contribution in [3.8, 4) is 5.75 Å². The zero-order chi connectivity index (χ0) is 17.6. The van der Waals surface area contributed by atoms with Crippen LogP contribution in [0.2, 0.25) is 10.0 Å². The average Bonchev–Trinajstić information content (AvgIpc) is 2.41. The first-order valence-corrected chi connectivity index (χ1v) is 7.57. The first-order chi connectivity index (χ1) is 10.7. The molecule has 1 aromatic rings. The number of amides is 1. The van der Waals surface area contributed by atoms with Gasteiger partial charge in [-0.05, 0) is 26.0 Å². The first kappa shape index (κ1) is 19.5. The number of hydrogen-bond acceptors (Lipinski definition) is 4. The lowest BCUT2D eigenvalue weighted by molar-refractivity contribution is -0.140. The van der Waals surface area contributed by atoms with Gasteiger partial charge in [0.25, 0.3) is 5.91 Å². The molecule has 0 heterocycles. The lowest BCUT2D eigenvalue weighted by atomic mass is 9.98. The fraction of sp³-hybridized carbons (Fsp3) is 0.467. The topological polar surface area (TPSA) is 84.9 Å². The number of carboxylic acid groups (broad SMARTS) is 1. The molecular weight excluding hydrogens is 345 g/mol. The molecule has 1 amide bonds. The van der Waals surface area contributed by atoms with Crippen LogP contribution in [0.1, 0.15) is 20.3 Å². The lowest BCUT2D eigenvalue weighted by Crippen LogP contribution is -2.54. The molecule has 1 aromatic carbocycles. The summed E-state index contributed by atoms with van der Waals surface area (Å²) in [7, 11) is 1.43. The number of benzene rings is 1. The Balaban J connectivity index is 2.74. The van der Waals surface area contributed by atoms with Crippen LogP contribution in [0.25, 0.3) is 0 Å². The Morgan fingerprint density at radius 1 is 1.35 bits per heavy atom. The molecule has 0 bridgehead atoms. The summed E-state index contributed by atoms with van der Waals surface area (Å²) in [6.07, 6.45) is -1.12. The SMILES string of the molecule is COCC(C)(CC(=O)O)NC(=O)C(C)Oc1ccc(Cl)c(Cl)c1. The number of ether oxygens (including phenoxy) is 2. The van der Waals surface area contributed by atoms with Gasteiger partial charge in [0.15, 0.2) is 6.10 Å². The van der Waals surface area contributed by atoms with Gasteiger partial charge in [-0.3, -0.25) is 9.59 Å². The highest BCUT2D eigenvalue weighted by Crippen LogP contribution is 2.27. The number of carbonyl (C=O) groups excluding carboxylic acids is 1. The van der Waals surface area contributed by atoms with Gasteiger partial charge in [0.2, 0.25) is 0 Å². The van der Waals surface area contributed by atoms with E-state index in [2.05, 4.69) is 5.32 Å². The van der Waals surface area contributed by atoms with Crippen LogP contribution >= 0.6 is 23.2 Å². The van der Waals surface area contributed by atoms with Crippen LogP contribution in [-0.4, -0.2) is 42.3 Å². The first-order valence-electron chi connectivity index (χ1n) is 6.81. The Morgan fingerprint density at radius 2 is 2.00 bits per heavy atom. The maximum Gasteiger partial charge on any atom is 0.305 e. The zero-order valence-corrected chi connectivity index (χ0v) is 14.6. The van der Waals surface area contributed by atoms with Crippen molar-refractivity contribution in [1.82, 2.24) is 5.32 Å². The van der Waals surface area contributed by atoms with Crippen LogP contribution in [-0.2, 0) is 14.3 Å². The van der Waals surface area contributed by atoms with Crippen LogP contribution in [0.15, 0.2) is 18.2 Å². The van der Waals surface area contributed by atoms with Crippen molar-refractivity contribution >= 4 is 35.1 Å². The molecule has 0 saturated carbocycles. The second-order valence-corrected chi connectivity index (χ2v) is 6.20. The molecule has 1 rings (SSSR count). The molecule has 0 fully saturated rings. The minimum Gasteiger partial charge on any atom is -0.481 e. The second kappa shape index (κ2) is 8.38. The fourth-order valence-corrected chi connectivity index (χ4v) is 2.28. The number of carbonyl (C=O) groups is 2. The molecule has 8 heteroatoms. The average molecular weight is 364 g/mol. The molecule has 0 radical (unpaired) electrons. The van der Waals surface area contributed by atoms with E-state index in [9.17, 15) is 9.59 Å². The quantitative estimate of drug-likeness (QED) is 0.741. The number of rotatable bonds is 8. The predicted molar refractivity (Wildman–Crippen MR) is 87.2 cm³/mol. The van der Waals surface area contributed by atoms with E-state index in [1.54, 1.807) is 26.0 Å². The van der Waals surface area contributed by atoms with Crippen molar-refractivity contribution < 1.29 is 24.2 Å². The summed E-state index contributed by atoms with van der Waals surface area (Å²) in [5.41, 5.74) is -1.03. The second-order valence-electron chi connectivity index (χ2n) is 5.39. The fourth-order valence-electron chi connectivity index (χ4n) is 1.99. The van der Waals surface area contributed by atoms with E-state index < -0.39 is 23.5 Å². The molecule has 2 unspecified atom stereocenters. The van der Waals surface area contributed by atoms with Crippen molar-refractivity contribution in [1.29, 1.82) is 0 Å². The highest BCUT2D eigenvalue weighted by atomic mass is 35.5. The summed E-state index contributed by atoms with van der Waals surface area (Å²) in [4.78, 5) is 23.2. The van der Waals surface area contributed by atoms with E-state index in [4.69, 9.17) is 37.8 Å². The van der Waals surface area contributed by atoms with E-state index in [1.807, 2.05) is 0 Å². The van der Waals surface area contributed by atoms with Crippen LogP contribution in [0.4, 0.5) is 0 Å². The van der Waals surface area contributed by atoms with Crippen molar-refractivity contribution in [2.75, 3.05) is 13.7 Å². The Hall–Kier alpha value is -1.50. The van der Waals surface area contributed by atoms with Crippen molar-refractivity contribution in [3.63, 3.8) is 0 Å². The van der Waals surface area contributed by atoms with Crippen LogP contribution < -0.4 is 10.1 Å². The molecule has 0 aromatic heterocycles. The summed E-state index contributed by atoms with van der Waals surface area (Å²) < 4.78 is 10.5. The van der Waals surface area contributed by atoms with E-state index in [0.29, 0.717) is 15.8 Å². The molecule has 2 atom stereocenters. The predicted octanol–water partition coefficient (Wildman–Crippen LogP) is 2.76. The monoisotopic (exact) mass is 363 g/mol. The van der Waals surface area contributed by atoms with E-state index in [0.717, 1.165) is 0 Å². The molecule has 23 heavy (non-hydrogen) atoms. The Bertz CT molecular complexity index is 581. The Kier molecular flexibility index (Phi) is 7.12. The highest BCUT2D eigenvalue weighted by molar-refractivity contribution is 6.42. The third-order valence-electron chi connectivity index (χ3n) is 3.00. The number of methoxy groups -OCH3 is 1. The number of nitrogens with one attached hydrogen (secondary N) is 1. The van der Waals surface area contributed by atoms with E-state index >= 15 is 0 Å². The van der Waals surface area contributed by atoms with E-state index in [-0.39, 0.29) is 13.0 Å². The van der Waals surface area contributed by atoms with Crippen molar-refractivity contribution in [2.45, 2.75) is 31.9 Å². The molecule has 128 valence electrons. The van der Waals surface area contributed by atoms with Gasteiger partial charge < -0.3 is 19.9 Å². The lowest BCUT2D eigenvalue weighted by Gasteiger charge is -2.30. The molecular formula is C15H19Cl2NO5. The van der Waals surface area contributed by atoms with E-state index in [1.165, 1.54) is 13.2 Å². The van der Waals surface area contributed by atoms with Gasteiger partial charge in [0.05, 0.1) is 28.6 Å². The number of carboxylic acids is 1. The molecule has 0 aliphatic heterocycles. The van der Waals surface area contributed by atoms with Gasteiger partial charge >= 0.3 is 5.97 Å². The van der Waals surface area contributed by atoms with Crippen LogP contribution in [0.5, 0.6) is 5.75 Å². The minimum atomic E-state index is -1.04. The maximum absolute atomic E-state index is 12.2. The summed E-state index contributed by atoms with van der Waals surface area (Å²) >= 11 is 11.7. The van der Waals surface area contributed by atoms with Crippen LogP contribution in [0.3, 0.4) is 0 Å². The van der Waals surface area contributed by atoms with Gasteiger partial charge in [-0.25, -0.2) is 0 Å². The summed E-state index contributed by atoms with van der Waals surface area (Å²) in [6, 6.07) is 4.65.